The van der Waals surface area contributed by atoms with Crippen LogP contribution in [0, 0.1) is 6.92 Å². The van der Waals surface area contributed by atoms with Gasteiger partial charge in [-0.05, 0) is 66.6 Å². The lowest BCUT2D eigenvalue weighted by atomic mass is 10.2. The average molecular weight is 499 g/mol. The number of nitrogens with zero attached hydrogens (tertiary/aromatic N) is 1. The van der Waals surface area contributed by atoms with Gasteiger partial charge in [-0.25, -0.2) is 5.43 Å². The molecule has 0 radical (unpaired) electrons. The SMILES string of the molecule is Cc1ccc(NC(=O)C(=O)N/N=C\c2ccc(OCC(=O)Nc3ccccc3Cl)cc2)cc1Cl. The van der Waals surface area contributed by atoms with E-state index in [4.69, 9.17) is 27.9 Å². The van der Waals surface area contributed by atoms with Crippen LogP contribution < -0.4 is 20.8 Å². The maximum Gasteiger partial charge on any atom is 0.329 e. The minimum atomic E-state index is -0.933. The molecule has 0 heterocycles. The highest BCUT2D eigenvalue weighted by atomic mass is 35.5. The normalized spacial score (nSPS) is 10.6. The first-order valence-corrected chi connectivity index (χ1v) is 10.7. The Morgan fingerprint density at radius 2 is 1.65 bits per heavy atom. The quantitative estimate of drug-likeness (QED) is 0.254. The van der Waals surface area contributed by atoms with Crippen molar-refractivity contribution in [1.82, 2.24) is 5.43 Å². The lowest BCUT2D eigenvalue weighted by molar-refractivity contribution is -0.136. The molecule has 0 aliphatic heterocycles. The summed E-state index contributed by atoms with van der Waals surface area (Å²) in [6.07, 6.45) is 1.36. The van der Waals surface area contributed by atoms with Crippen LogP contribution in [0.4, 0.5) is 11.4 Å². The Kier molecular flexibility index (Phi) is 8.61. The number of hydrogen-bond donors (Lipinski definition) is 3. The zero-order valence-corrected chi connectivity index (χ0v) is 19.5. The third-order valence-corrected chi connectivity index (χ3v) is 5.15. The number of hydrazone groups is 1. The van der Waals surface area contributed by atoms with Gasteiger partial charge in [0.05, 0.1) is 16.9 Å². The van der Waals surface area contributed by atoms with Crippen LogP contribution in [-0.4, -0.2) is 30.5 Å². The third-order valence-electron chi connectivity index (χ3n) is 4.41. The molecule has 0 bridgehead atoms. The summed E-state index contributed by atoms with van der Waals surface area (Å²) >= 11 is 12.0. The second kappa shape index (κ2) is 11.8. The molecule has 3 amide bonds. The largest absolute Gasteiger partial charge is 0.484 e. The van der Waals surface area contributed by atoms with E-state index in [9.17, 15) is 14.4 Å². The van der Waals surface area contributed by atoms with Crippen LogP contribution in [0.5, 0.6) is 5.75 Å². The van der Waals surface area contributed by atoms with Crippen LogP contribution in [0.1, 0.15) is 11.1 Å². The summed E-state index contributed by atoms with van der Waals surface area (Å²) in [7, 11) is 0. The van der Waals surface area contributed by atoms with Gasteiger partial charge in [-0.15, -0.1) is 0 Å². The van der Waals surface area contributed by atoms with Crippen molar-refractivity contribution in [1.29, 1.82) is 0 Å². The number of amides is 3. The van der Waals surface area contributed by atoms with Gasteiger partial charge in [0.25, 0.3) is 5.91 Å². The Morgan fingerprint density at radius 3 is 2.35 bits per heavy atom. The van der Waals surface area contributed by atoms with Crippen molar-refractivity contribution in [3.63, 3.8) is 0 Å². The maximum absolute atomic E-state index is 12.0. The lowest BCUT2D eigenvalue weighted by Crippen LogP contribution is -2.32. The second-order valence-corrected chi connectivity index (χ2v) is 7.82. The van der Waals surface area contributed by atoms with Gasteiger partial charge in [0.2, 0.25) is 0 Å². The fraction of sp³-hybridized carbons (Fsp3) is 0.0833. The molecule has 0 aliphatic carbocycles. The number of carbonyl (C=O) groups is 3. The second-order valence-electron chi connectivity index (χ2n) is 7.00. The highest BCUT2D eigenvalue weighted by Crippen LogP contribution is 2.21. The van der Waals surface area contributed by atoms with Crippen molar-refractivity contribution < 1.29 is 19.1 Å². The van der Waals surface area contributed by atoms with Crippen LogP contribution in [0.15, 0.2) is 71.8 Å². The number of aryl methyl sites for hydroxylation is 1. The molecule has 3 aromatic rings. The van der Waals surface area contributed by atoms with E-state index < -0.39 is 11.8 Å². The van der Waals surface area contributed by atoms with Crippen molar-refractivity contribution in [3.05, 3.63) is 87.9 Å². The van der Waals surface area contributed by atoms with E-state index in [1.807, 2.05) is 6.92 Å². The van der Waals surface area contributed by atoms with Crippen LogP contribution in [0.25, 0.3) is 0 Å². The molecule has 8 nitrogen and oxygen atoms in total. The number of rotatable bonds is 7. The monoisotopic (exact) mass is 498 g/mol. The fourth-order valence-electron chi connectivity index (χ4n) is 2.62. The minimum Gasteiger partial charge on any atom is -0.484 e. The zero-order valence-electron chi connectivity index (χ0n) is 18.0. The first-order chi connectivity index (χ1) is 16.3. The molecule has 3 rings (SSSR count). The van der Waals surface area contributed by atoms with E-state index in [1.54, 1.807) is 66.7 Å². The van der Waals surface area contributed by atoms with Gasteiger partial charge in [-0.2, -0.15) is 5.10 Å². The molecule has 3 N–H and O–H groups in total. The Morgan fingerprint density at radius 1 is 0.912 bits per heavy atom. The summed E-state index contributed by atoms with van der Waals surface area (Å²) in [6, 6.07) is 18.4. The molecule has 0 aliphatic rings. The maximum atomic E-state index is 12.0. The molecule has 3 aromatic carbocycles. The summed E-state index contributed by atoms with van der Waals surface area (Å²) in [4.78, 5) is 35.9. The molecular formula is C24H20Cl2N4O4. The van der Waals surface area contributed by atoms with E-state index in [-0.39, 0.29) is 12.5 Å². The topological polar surface area (TPSA) is 109 Å². The molecular weight excluding hydrogens is 479 g/mol. The average Bonchev–Trinajstić information content (AvgIpc) is 2.82. The highest BCUT2D eigenvalue weighted by molar-refractivity contribution is 6.40. The summed E-state index contributed by atoms with van der Waals surface area (Å²) in [5, 5.41) is 9.78. The fourth-order valence-corrected chi connectivity index (χ4v) is 2.99. The molecule has 34 heavy (non-hydrogen) atoms. The molecule has 0 atom stereocenters. The van der Waals surface area contributed by atoms with Crippen LogP contribution in [0.2, 0.25) is 10.0 Å². The summed E-state index contributed by atoms with van der Waals surface area (Å²) in [5.41, 5.74) is 4.54. The Bertz CT molecular complexity index is 1230. The number of nitrogens with one attached hydrogen (secondary N) is 3. The predicted molar refractivity (Wildman–Crippen MR) is 133 cm³/mol. The summed E-state index contributed by atoms with van der Waals surface area (Å²) in [6.45, 7) is 1.63. The van der Waals surface area contributed by atoms with Crippen LogP contribution in [-0.2, 0) is 14.4 Å². The van der Waals surface area contributed by atoms with E-state index in [0.29, 0.717) is 32.7 Å². The van der Waals surface area contributed by atoms with Gasteiger partial charge < -0.3 is 15.4 Å². The van der Waals surface area contributed by atoms with Gasteiger partial charge in [-0.1, -0.05) is 41.4 Å². The molecule has 10 heteroatoms. The number of benzene rings is 3. The van der Waals surface area contributed by atoms with E-state index in [1.165, 1.54) is 6.21 Å². The Hall–Kier alpha value is -3.88. The van der Waals surface area contributed by atoms with Gasteiger partial charge in [0.1, 0.15) is 5.75 Å². The molecule has 0 saturated carbocycles. The summed E-state index contributed by atoms with van der Waals surface area (Å²) < 4.78 is 5.45. The molecule has 0 aromatic heterocycles. The van der Waals surface area contributed by atoms with E-state index in [2.05, 4.69) is 21.2 Å². The molecule has 0 unspecified atom stereocenters. The number of hydrogen-bond acceptors (Lipinski definition) is 5. The van der Waals surface area contributed by atoms with Gasteiger partial charge in [-0.3, -0.25) is 14.4 Å². The van der Waals surface area contributed by atoms with E-state index in [0.717, 1.165) is 5.56 Å². The first-order valence-electron chi connectivity index (χ1n) is 9.99. The lowest BCUT2D eigenvalue weighted by Gasteiger charge is -2.08. The molecule has 0 fully saturated rings. The van der Waals surface area contributed by atoms with Crippen molar-refractivity contribution in [2.24, 2.45) is 5.10 Å². The first kappa shape index (κ1) is 24.8. The Labute approximate surface area is 205 Å². The molecule has 0 spiro atoms. The number of ether oxygens (including phenoxy) is 1. The zero-order chi connectivity index (χ0) is 24.5. The predicted octanol–water partition coefficient (Wildman–Crippen LogP) is 4.41. The van der Waals surface area contributed by atoms with Gasteiger partial charge in [0, 0.05) is 10.7 Å². The van der Waals surface area contributed by atoms with Crippen LogP contribution >= 0.6 is 23.2 Å². The standard InChI is InChI=1S/C24H20Cl2N4O4/c1-15-6-9-17(12-20(15)26)28-23(32)24(33)30-27-13-16-7-10-18(11-8-16)34-14-22(31)29-21-5-3-2-4-19(21)25/h2-13H,14H2,1H3,(H,28,32)(H,29,31)(H,30,33)/b27-13-. The van der Waals surface area contributed by atoms with Crippen molar-refractivity contribution >= 4 is 58.5 Å². The van der Waals surface area contributed by atoms with E-state index >= 15 is 0 Å². The summed E-state index contributed by atoms with van der Waals surface area (Å²) in [5.74, 6) is -1.70. The number of anilines is 2. The van der Waals surface area contributed by atoms with Gasteiger partial charge >= 0.3 is 11.8 Å². The van der Waals surface area contributed by atoms with Crippen LogP contribution in [0.3, 0.4) is 0 Å². The third kappa shape index (κ3) is 7.33. The number of halogens is 2. The molecule has 174 valence electrons. The van der Waals surface area contributed by atoms with Gasteiger partial charge in [0.15, 0.2) is 6.61 Å². The number of para-hydroxylation sites is 1. The molecule has 0 saturated heterocycles. The van der Waals surface area contributed by atoms with Crippen molar-refractivity contribution in [3.8, 4) is 5.75 Å². The van der Waals surface area contributed by atoms with Crippen molar-refractivity contribution in [2.45, 2.75) is 6.92 Å². The highest BCUT2D eigenvalue weighted by Gasteiger charge is 2.13. The van der Waals surface area contributed by atoms with Crippen molar-refractivity contribution in [2.75, 3.05) is 17.2 Å². The Balaban J connectivity index is 1.44. The smallest absolute Gasteiger partial charge is 0.329 e. The number of carbonyl (C=O) groups excluding carboxylic acids is 3. The minimum absolute atomic E-state index is 0.198.